The van der Waals surface area contributed by atoms with Gasteiger partial charge >= 0.3 is 0 Å². The second-order valence-electron chi connectivity index (χ2n) is 6.74. The summed E-state index contributed by atoms with van der Waals surface area (Å²) in [5.41, 5.74) is 3.59. The number of amides is 1. The van der Waals surface area contributed by atoms with Crippen LogP contribution in [0.4, 0.5) is 5.00 Å². The van der Waals surface area contributed by atoms with Crippen LogP contribution >= 0.6 is 57.5 Å². The molecule has 4 rings (SSSR count). The molecule has 0 aliphatic heterocycles. The van der Waals surface area contributed by atoms with Crippen molar-refractivity contribution in [3.63, 3.8) is 0 Å². The van der Waals surface area contributed by atoms with E-state index in [1.807, 2.05) is 23.6 Å². The van der Waals surface area contributed by atoms with Gasteiger partial charge in [0.05, 0.1) is 15.8 Å². The third kappa shape index (κ3) is 5.45. The molecule has 1 N–H and O–H groups in total. The van der Waals surface area contributed by atoms with Crippen LogP contribution in [-0.2, 0) is 12.8 Å². The van der Waals surface area contributed by atoms with Crippen molar-refractivity contribution in [1.82, 2.24) is 0 Å². The van der Waals surface area contributed by atoms with Crippen molar-refractivity contribution in [2.24, 2.45) is 0 Å². The lowest BCUT2D eigenvalue weighted by molar-refractivity contribution is 0.101. The molecule has 2 heterocycles. The molecule has 0 spiro atoms. The number of thiophene rings is 2. The van der Waals surface area contributed by atoms with Crippen LogP contribution in [0, 0.1) is 0 Å². The lowest BCUT2D eigenvalue weighted by atomic mass is 9.99. The summed E-state index contributed by atoms with van der Waals surface area (Å²) in [6, 6.07) is 9.38. The van der Waals surface area contributed by atoms with E-state index in [4.69, 9.17) is 34.8 Å². The van der Waals surface area contributed by atoms with Gasteiger partial charge in [-0.15, -0.1) is 45.9 Å². The number of hydrogen-bond donors (Lipinski definition) is 1. The van der Waals surface area contributed by atoms with Crippen LogP contribution in [0.25, 0.3) is 11.1 Å². The Morgan fingerprint density at radius 1 is 1.10 bits per heavy atom. The average molecular weight is 501 g/mol. The Bertz CT molecular complexity index is 1020. The molecule has 1 aliphatic rings. The Labute approximate surface area is 199 Å². The first-order chi connectivity index (χ1) is 14.4. The zero-order valence-electron chi connectivity index (χ0n) is 16.3. The molecule has 0 radical (unpaired) electrons. The summed E-state index contributed by atoms with van der Waals surface area (Å²) in [6.45, 7) is 1.53. The quantitative estimate of drug-likeness (QED) is 0.292. The summed E-state index contributed by atoms with van der Waals surface area (Å²) in [6.07, 6.45) is 4.50. The van der Waals surface area contributed by atoms with E-state index in [2.05, 4.69) is 5.32 Å². The number of halogens is 3. The number of rotatable bonds is 4. The van der Waals surface area contributed by atoms with Crippen LogP contribution in [0.3, 0.4) is 0 Å². The number of ketones is 1. The molecule has 0 saturated carbocycles. The van der Waals surface area contributed by atoms with Gasteiger partial charge in [-0.3, -0.25) is 9.59 Å². The minimum Gasteiger partial charge on any atom is -0.312 e. The number of alkyl halides is 2. The Hall–Kier alpha value is -1.37. The Balaban J connectivity index is 0.000000806. The van der Waals surface area contributed by atoms with Gasteiger partial charge in [-0.25, -0.2) is 0 Å². The first kappa shape index (κ1) is 23.3. The van der Waals surface area contributed by atoms with Crippen LogP contribution in [0.2, 0.25) is 5.02 Å². The average Bonchev–Trinajstić information content (AvgIpc) is 3.33. The highest BCUT2D eigenvalue weighted by Gasteiger charge is 2.22. The van der Waals surface area contributed by atoms with E-state index in [0.29, 0.717) is 15.6 Å². The van der Waals surface area contributed by atoms with Crippen molar-refractivity contribution in [2.75, 3.05) is 10.7 Å². The van der Waals surface area contributed by atoms with Gasteiger partial charge in [-0.05, 0) is 61.9 Å². The van der Waals surface area contributed by atoms with E-state index >= 15 is 0 Å². The zero-order chi connectivity index (χ0) is 21.7. The second-order valence-corrected chi connectivity index (χ2v) is 10.00. The van der Waals surface area contributed by atoms with E-state index in [9.17, 15) is 9.59 Å². The van der Waals surface area contributed by atoms with Crippen molar-refractivity contribution in [3.8, 4) is 11.1 Å². The molecule has 2 aromatic heterocycles. The number of fused-ring (bicyclic) bond motifs is 1. The van der Waals surface area contributed by atoms with E-state index < -0.39 is 0 Å². The van der Waals surface area contributed by atoms with Crippen LogP contribution < -0.4 is 5.32 Å². The summed E-state index contributed by atoms with van der Waals surface area (Å²) >= 11 is 18.4. The maximum absolute atomic E-state index is 12.8. The fourth-order valence-corrected chi connectivity index (χ4v) is 5.70. The first-order valence-electron chi connectivity index (χ1n) is 9.37. The molecule has 1 amide bonds. The van der Waals surface area contributed by atoms with Crippen LogP contribution in [-0.4, -0.2) is 17.0 Å². The maximum atomic E-state index is 12.8. The number of Topliss-reactive ketones (excluding diaryl/α,β-unsaturated/α-hetero) is 1. The van der Waals surface area contributed by atoms with Gasteiger partial charge in [-0.2, -0.15) is 0 Å². The lowest BCUT2D eigenvalue weighted by Gasteiger charge is -2.08. The lowest BCUT2D eigenvalue weighted by Crippen LogP contribution is -2.11. The van der Waals surface area contributed by atoms with E-state index in [-0.39, 0.29) is 17.0 Å². The van der Waals surface area contributed by atoms with Crippen molar-refractivity contribution in [3.05, 3.63) is 61.6 Å². The van der Waals surface area contributed by atoms with E-state index in [0.717, 1.165) is 28.8 Å². The molecule has 3 nitrogen and oxygen atoms in total. The number of nitrogens with one attached hydrogen (secondary N) is 1. The molecular formula is C22H20Cl3NO2S2. The number of anilines is 1. The van der Waals surface area contributed by atoms with Crippen molar-refractivity contribution < 1.29 is 9.59 Å². The largest absolute Gasteiger partial charge is 0.312 e. The van der Waals surface area contributed by atoms with Crippen LogP contribution in [0.1, 0.15) is 50.2 Å². The minimum absolute atomic E-state index is 0.0676. The Morgan fingerprint density at radius 3 is 2.40 bits per heavy atom. The van der Waals surface area contributed by atoms with Crippen molar-refractivity contribution in [1.29, 1.82) is 0 Å². The summed E-state index contributed by atoms with van der Waals surface area (Å²) in [5.74, 6) is -0.205. The zero-order valence-corrected chi connectivity index (χ0v) is 20.2. The molecule has 1 aromatic carbocycles. The van der Waals surface area contributed by atoms with Crippen molar-refractivity contribution >= 4 is 74.2 Å². The van der Waals surface area contributed by atoms with Crippen LogP contribution in [0.5, 0.6) is 0 Å². The number of carbonyl (C=O) groups is 2. The Kier molecular flexibility index (Phi) is 8.37. The third-order valence-electron chi connectivity index (χ3n) is 4.75. The Morgan fingerprint density at radius 2 is 1.77 bits per heavy atom. The standard InChI is InChI=1S/C21H18ClNO2S2.CH2Cl2/c1-12(24)19-16(13-6-8-15(22)9-7-13)11-26-21(19)23-20(25)18-10-14-4-2-3-5-17(14)27-18;2-1-3/h6-11H,2-5H2,1H3,(H,23,25);1H2. The molecule has 158 valence electrons. The predicted molar refractivity (Wildman–Crippen MR) is 130 cm³/mol. The second kappa shape index (κ2) is 10.8. The fourth-order valence-electron chi connectivity index (χ4n) is 3.41. The highest BCUT2D eigenvalue weighted by Crippen LogP contribution is 2.37. The van der Waals surface area contributed by atoms with Gasteiger partial charge < -0.3 is 5.32 Å². The molecule has 0 fully saturated rings. The highest BCUT2D eigenvalue weighted by molar-refractivity contribution is 7.16. The van der Waals surface area contributed by atoms with E-state index in [1.54, 1.807) is 23.5 Å². The van der Waals surface area contributed by atoms with Gasteiger partial charge in [0.2, 0.25) is 0 Å². The third-order valence-corrected chi connectivity index (χ3v) is 7.13. The van der Waals surface area contributed by atoms with E-state index in [1.165, 1.54) is 41.5 Å². The van der Waals surface area contributed by atoms with Gasteiger partial charge in [0.15, 0.2) is 5.78 Å². The summed E-state index contributed by atoms with van der Waals surface area (Å²) in [4.78, 5) is 27.1. The first-order valence-corrected chi connectivity index (χ1v) is 12.5. The fraction of sp³-hybridized carbons (Fsp3) is 0.273. The molecule has 1 aliphatic carbocycles. The topological polar surface area (TPSA) is 46.2 Å². The molecule has 8 heteroatoms. The van der Waals surface area contributed by atoms with Gasteiger partial charge in [0, 0.05) is 20.8 Å². The smallest absolute Gasteiger partial charge is 0.266 e. The number of benzene rings is 1. The predicted octanol–water partition coefficient (Wildman–Crippen LogP) is 7.89. The molecule has 0 unspecified atom stereocenters. The molecule has 30 heavy (non-hydrogen) atoms. The summed E-state index contributed by atoms with van der Waals surface area (Å²) in [5, 5.41) is 6.32. The summed E-state index contributed by atoms with van der Waals surface area (Å²) < 4.78 is 0. The van der Waals surface area contributed by atoms with Crippen LogP contribution in [0.15, 0.2) is 35.7 Å². The maximum Gasteiger partial charge on any atom is 0.266 e. The molecular weight excluding hydrogens is 481 g/mol. The van der Waals surface area contributed by atoms with Gasteiger partial charge in [0.25, 0.3) is 5.91 Å². The normalized spacial score (nSPS) is 12.5. The van der Waals surface area contributed by atoms with Gasteiger partial charge in [-0.1, -0.05) is 23.7 Å². The van der Waals surface area contributed by atoms with Crippen molar-refractivity contribution in [2.45, 2.75) is 32.6 Å². The monoisotopic (exact) mass is 499 g/mol. The highest BCUT2D eigenvalue weighted by atomic mass is 35.5. The van der Waals surface area contributed by atoms with Gasteiger partial charge in [0.1, 0.15) is 5.00 Å². The summed E-state index contributed by atoms with van der Waals surface area (Å²) in [7, 11) is 0. The number of hydrogen-bond acceptors (Lipinski definition) is 4. The number of aryl methyl sites for hydroxylation is 2. The molecule has 3 aromatic rings. The minimum atomic E-state index is -0.138. The molecule has 0 bridgehead atoms. The number of carbonyl (C=O) groups excluding carboxylic acids is 2. The molecule has 0 saturated heterocycles. The SMILES string of the molecule is CC(=O)c1c(-c2ccc(Cl)cc2)csc1NC(=O)c1cc2c(s1)CCCC2.ClCCl. The molecule has 0 atom stereocenters.